The lowest BCUT2D eigenvalue weighted by atomic mass is 9.95. The van der Waals surface area contributed by atoms with Crippen LogP contribution in [0.25, 0.3) is 0 Å². The molecule has 0 heterocycles. The maximum atomic E-state index is 12.8. The van der Waals surface area contributed by atoms with E-state index in [-0.39, 0.29) is 24.0 Å². The van der Waals surface area contributed by atoms with Crippen molar-refractivity contribution in [2.45, 2.75) is 37.6 Å². The van der Waals surface area contributed by atoms with Crippen molar-refractivity contribution in [3.05, 3.63) is 35.6 Å². The SMILES string of the molecule is N/C(=N/O)C1(NC(=O)Cc2ccc(F)cc2)CCCC1. The van der Waals surface area contributed by atoms with E-state index < -0.39 is 5.54 Å². The van der Waals surface area contributed by atoms with Crippen LogP contribution in [0.15, 0.2) is 29.4 Å². The van der Waals surface area contributed by atoms with Gasteiger partial charge < -0.3 is 16.3 Å². The van der Waals surface area contributed by atoms with Gasteiger partial charge >= 0.3 is 0 Å². The summed E-state index contributed by atoms with van der Waals surface area (Å²) < 4.78 is 12.8. The third kappa shape index (κ3) is 3.07. The summed E-state index contributed by atoms with van der Waals surface area (Å²) in [5.74, 6) is -0.509. The van der Waals surface area contributed by atoms with Crippen molar-refractivity contribution in [3.63, 3.8) is 0 Å². The van der Waals surface area contributed by atoms with E-state index in [9.17, 15) is 9.18 Å². The summed E-state index contributed by atoms with van der Waals surface area (Å²) in [4.78, 5) is 12.1. The Labute approximate surface area is 116 Å². The Morgan fingerprint density at radius 1 is 1.35 bits per heavy atom. The van der Waals surface area contributed by atoms with Gasteiger partial charge in [0.1, 0.15) is 11.4 Å². The molecule has 0 unspecified atom stereocenters. The van der Waals surface area contributed by atoms with Crippen LogP contribution in [-0.4, -0.2) is 22.5 Å². The monoisotopic (exact) mass is 279 g/mol. The molecule has 108 valence electrons. The molecule has 0 bridgehead atoms. The molecule has 6 heteroatoms. The van der Waals surface area contributed by atoms with Crippen molar-refractivity contribution in [1.29, 1.82) is 0 Å². The van der Waals surface area contributed by atoms with E-state index in [1.54, 1.807) is 12.1 Å². The molecule has 1 saturated carbocycles. The molecule has 20 heavy (non-hydrogen) atoms. The van der Waals surface area contributed by atoms with Crippen molar-refractivity contribution < 1.29 is 14.4 Å². The Kier molecular flexibility index (Phi) is 4.22. The van der Waals surface area contributed by atoms with E-state index in [0.29, 0.717) is 12.8 Å². The first-order chi connectivity index (χ1) is 9.55. The largest absolute Gasteiger partial charge is 0.409 e. The van der Waals surface area contributed by atoms with E-state index >= 15 is 0 Å². The maximum absolute atomic E-state index is 12.8. The number of carbonyl (C=O) groups is 1. The van der Waals surface area contributed by atoms with Crippen LogP contribution in [-0.2, 0) is 11.2 Å². The first-order valence-corrected chi connectivity index (χ1v) is 6.59. The molecule has 1 fully saturated rings. The van der Waals surface area contributed by atoms with Crippen molar-refractivity contribution in [3.8, 4) is 0 Å². The third-order valence-electron chi connectivity index (χ3n) is 3.71. The van der Waals surface area contributed by atoms with E-state index in [1.807, 2.05) is 0 Å². The van der Waals surface area contributed by atoms with Crippen LogP contribution < -0.4 is 11.1 Å². The van der Waals surface area contributed by atoms with Crippen LogP contribution in [0.4, 0.5) is 4.39 Å². The van der Waals surface area contributed by atoms with Crippen molar-refractivity contribution in [1.82, 2.24) is 5.32 Å². The summed E-state index contributed by atoms with van der Waals surface area (Å²) in [5.41, 5.74) is 5.69. The number of rotatable bonds is 4. The molecule has 0 aromatic heterocycles. The van der Waals surface area contributed by atoms with Gasteiger partial charge in [0.05, 0.1) is 6.42 Å². The highest BCUT2D eigenvalue weighted by atomic mass is 19.1. The minimum atomic E-state index is -0.744. The zero-order chi connectivity index (χ0) is 14.6. The van der Waals surface area contributed by atoms with Crippen molar-refractivity contribution >= 4 is 11.7 Å². The second kappa shape index (κ2) is 5.90. The molecular weight excluding hydrogens is 261 g/mol. The fourth-order valence-electron chi connectivity index (χ4n) is 2.62. The van der Waals surface area contributed by atoms with Gasteiger partial charge in [0.25, 0.3) is 0 Å². The van der Waals surface area contributed by atoms with Gasteiger partial charge in [-0.15, -0.1) is 0 Å². The standard InChI is InChI=1S/C14H18FN3O2/c15-11-5-3-10(4-6-11)9-12(19)17-14(13(16)18-20)7-1-2-8-14/h3-6,20H,1-2,7-9H2,(H2,16,18)(H,17,19). The molecule has 0 atom stereocenters. The molecule has 0 aliphatic heterocycles. The summed E-state index contributed by atoms with van der Waals surface area (Å²) >= 11 is 0. The Bertz CT molecular complexity index is 508. The Morgan fingerprint density at radius 3 is 2.50 bits per heavy atom. The number of halogens is 1. The molecule has 0 radical (unpaired) electrons. The lowest BCUT2D eigenvalue weighted by Gasteiger charge is -2.28. The molecule has 0 saturated heterocycles. The summed E-state index contributed by atoms with van der Waals surface area (Å²) in [6, 6.07) is 5.77. The van der Waals surface area contributed by atoms with Gasteiger partial charge in [-0.1, -0.05) is 30.1 Å². The number of amidine groups is 1. The summed E-state index contributed by atoms with van der Waals surface area (Å²) in [7, 11) is 0. The summed E-state index contributed by atoms with van der Waals surface area (Å²) in [5, 5.41) is 14.8. The van der Waals surface area contributed by atoms with Gasteiger partial charge in [-0.3, -0.25) is 4.79 Å². The van der Waals surface area contributed by atoms with Crippen LogP contribution in [0, 0.1) is 5.82 Å². The number of nitrogens with zero attached hydrogens (tertiary/aromatic N) is 1. The number of hydrogen-bond acceptors (Lipinski definition) is 3. The van der Waals surface area contributed by atoms with E-state index in [4.69, 9.17) is 10.9 Å². The quantitative estimate of drug-likeness (QED) is 0.338. The number of benzene rings is 1. The summed E-state index contributed by atoms with van der Waals surface area (Å²) in [6.07, 6.45) is 3.32. The van der Waals surface area contributed by atoms with Gasteiger partial charge in [0.15, 0.2) is 5.84 Å². The minimum Gasteiger partial charge on any atom is -0.409 e. The van der Waals surface area contributed by atoms with E-state index in [1.165, 1.54) is 12.1 Å². The van der Waals surface area contributed by atoms with Crippen LogP contribution in [0.2, 0.25) is 0 Å². The Morgan fingerprint density at radius 2 is 1.95 bits per heavy atom. The smallest absolute Gasteiger partial charge is 0.225 e. The van der Waals surface area contributed by atoms with Gasteiger partial charge in [-0.25, -0.2) is 4.39 Å². The Balaban J connectivity index is 2.04. The number of oxime groups is 1. The highest BCUT2D eigenvalue weighted by molar-refractivity contribution is 5.94. The highest BCUT2D eigenvalue weighted by Crippen LogP contribution is 2.30. The molecule has 2 rings (SSSR count). The molecule has 1 aliphatic rings. The molecule has 1 aromatic carbocycles. The second-order valence-electron chi connectivity index (χ2n) is 5.13. The van der Waals surface area contributed by atoms with Crippen LogP contribution >= 0.6 is 0 Å². The molecule has 5 nitrogen and oxygen atoms in total. The number of hydrogen-bond donors (Lipinski definition) is 3. The Hall–Kier alpha value is -2.11. The second-order valence-corrected chi connectivity index (χ2v) is 5.13. The highest BCUT2D eigenvalue weighted by Gasteiger charge is 2.39. The number of nitrogens with one attached hydrogen (secondary N) is 1. The molecule has 1 aromatic rings. The fourth-order valence-corrected chi connectivity index (χ4v) is 2.62. The molecule has 1 amide bonds. The van der Waals surface area contributed by atoms with Crippen LogP contribution in [0.3, 0.4) is 0 Å². The number of amides is 1. The minimum absolute atomic E-state index is 0.0439. The molecule has 0 spiro atoms. The maximum Gasteiger partial charge on any atom is 0.225 e. The number of carbonyl (C=O) groups excluding carboxylic acids is 1. The number of nitrogens with two attached hydrogens (primary N) is 1. The van der Waals surface area contributed by atoms with Gasteiger partial charge in [0.2, 0.25) is 5.91 Å². The van der Waals surface area contributed by atoms with Gasteiger partial charge in [0, 0.05) is 0 Å². The zero-order valence-electron chi connectivity index (χ0n) is 11.1. The first-order valence-electron chi connectivity index (χ1n) is 6.59. The van der Waals surface area contributed by atoms with Gasteiger partial charge in [-0.2, -0.15) is 0 Å². The van der Waals surface area contributed by atoms with Crippen LogP contribution in [0.5, 0.6) is 0 Å². The fraction of sp³-hybridized carbons (Fsp3) is 0.429. The molecule has 1 aliphatic carbocycles. The average Bonchev–Trinajstić information content (AvgIpc) is 2.90. The normalized spacial score (nSPS) is 17.9. The first kappa shape index (κ1) is 14.3. The molecular formula is C14H18FN3O2. The lowest BCUT2D eigenvalue weighted by molar-refractivity contribution is -0.121. The predicted molar refractivity (Wildman–Crippen MR) is 72.9 cm³/mol. The van der Waals surface area contributed by atoms with Gasteiger partial charge in [-0.05, 0) is 30.5 Å². The van der Waals surface area contributed by atoms with E-state index in [0.717, 1.165) is 18.4 Å². The zero-order valence-corrected chi connectivity index (χ0v) is 11.1. The molecule has 4 N–H and O–H groups in total. The average molecular weight is 279 g/mol. The third-order valence-corrected chi connectivity index (χ3v) is 3.71. The van der Waals surface area contributed by atoms with E-state index in [2.05, 4.69) is 10.5 Å². The van der Waals surface area contributed by atoms with Crippen LogP contribution in [0.1, 0.15) is 31.2 Å². The topological polar surface area (TPSA) is 87.7 Å². The summed E-state index contributed by atoms with van der Waals surface area (Å²) in [6.45, 7) is 0. The predicted octanol–water partition coefficient (Wildman–Crippen LogP) is 1.54. The van der Waals surface area contributed by atoms with Crippen molar-refractivity contribution in [2.75, 3.05) is 0 Å². The lowest BCUT2D eigenvalue weighted by Crippen LogP contribution is -2.56. The van der Waals surface area contributed by atoms with Crippen molar-refractivity contribution in [2.24, 2.45) is 10.9 Å².